The molecule has 2 heterocycles. The first-order valence-electron chi connectivity index (χ1n) is 4.71. The highest BCUT2D eigenvalue weighted by atomic mass is 16.2. The Morgan fingerprint density at radius 1 is 1.38 bits per heavy atom. The van der Waals surface area contributed by atoms with Crippen LogP contribution in [0.3, 0.4) is 0 Å². The lowest BCUT2D eigenvalue weighted by atomic mass is 10.3. The van der Waals surface area contributed by atoms with Crippen LogP contribution in [0.15, 0.2) is 35.3 Å². The number of hydrogen-bond acceptors (Lipinski definition) is 3. The highest BCUT2D eigenvalue weighted by molar-refractivity contribution is 5.92. The topological polar surface area (TPSA) is 90.6 Å². The zero-order valence-electron chi connectivity index (χ0n) is 8.36. The minimum absolute atomic E-state index is 0.220. The monoisotopic (exact) mass is 218 g/mol. The van der Waals surface area contributed by atoms with Crippen LogP contribution < -0.4 is 10.9 Å². The summed E-state index contributed by atoms with van der Waals surface area (Å²) >= 11 is 0. The molecule has 0 aromatic carbocycles. The molecule has 3 N–H and O–H groups in total. The Kier molecular flexibility index (Phi) is 2.81. The van der Waals surface area contributed by atoms with Crippen LogP contribution in [0.4, 0.5) is 0 Å². The van der Waals surface area contributed by atoms with E-state index < -0.39 is 0 Å². The van der Waals surface area contributed by atoms with Gasteiger partial charge in [-0.15, -0.1) is 0 Å². The van der Waals surface area contributed by atoms with Gasteiger partial charge in [-0.05, 0) is 12.1 Å². The maximum atomic E-state index is 11.5. The van der Waals surface area contributed by atoms with Crippen LogP contribution in [0, 0.1) is 0 Å². The van der Waals surface area contributed by atoms with Crippen molar-refractivity contribution in [3.05, 3.63) is 52.2 Å². The van der Waals surface area contributed by atoms with Crippen molar-refractivity contribution in [2.45, 2.75) is 6.54 Å². The Labute approximate surface area is 90.7 Å². The largest absolute Gasteiger partial charge is 0.345 e. The van der Waals surface area contributed by atoms with E-state index in [2.05, 4.69) is 20.5 Å². The van der Waals surface area contributed by atoms with E-state index >= 15 is 0 Å². The number of pyridine rings is 1. The van der Waals surface area contributed by atoms with Crippen molar-refractivity contribution in [2.24, 2.45) is 0 Å². The fraction of sp³-hybridized carbons (Fsp3) is 0.100. The normalized spacial score (nSPS) is 10.0. The van der Waals surface area contributed by atoms with Crippen molar-refractivity contribution in [3.63, 3.8) is 0 Å². The van der Waals surface area contributed by atoms with Crippen LogP contribution in [0.5, 0.6) is 0 Å². The first-order chi connectivity index (χ1) is 7.75. The summed E-state index contributed by atoms with van der Waals surface area (Å²) in [4.78, 5) is 26.2. The van der Waals surface area contributed by atoms with E-state index in [0.29, 0.717) is 11.4 Å². The number of nitrogens with one attached hydrogen (secondary N) is 3. The number of aromatic amines is 2. The smallest absolute Gasteiger partial charge is 0.270 e. The van der Waals surface area contributed by atoms with Gasteiger partial charge < -0.3 is 10.4 Å². The van der Waals surface area contributed by atoms with Crippen molar-refractivity contribution >= 4 is 5.91 Å². The number of aromatic nitrogens is 3. The molecule has 2 aromatic rings. The predicted octanol–water partition coefficient (Wildman–Crippen LogP) is 0.0280. The molecule has 16 heavy (non-hydrogen) atoms. The quantitative estimate of drug-likeness (QED) is 0.678. The number of H-pyrrole nitrogens is 2. The fourth-order valence-corrected chi connectivity index (χ4v) is 1.23. The molecule has 0 unspecified atom stereocenters. The van der Waals surface area contributed by atoms with Crippen LogP contribution in [0.25, 0.3) is 0 Å². The Bertz CT molecular complexity index is 529. The van der Waals surface area contributed by atoms with E-state index in [4.69, 9.17) is 0 Å². The molecular formula is C10H10N4O2. The minimum atomic E-state index is -0.275. The molecule has 0 aliphatic rings. The number of amides is 1. The second-order valence-electron chi connectivity index (χ2n) is 3.18. The second kappa shape index (κ2) is 4.43. The Morgan fingerprint density at radius 2 is 2.25 bits per heavy atom. The summed E-state index contributed by atoms with van der Waals surface area (Å²) in [6.07, 6.45) is 1.55. The van der Waals surface area contributed by atoms with E-state index in [1.165, 1.54) is 6.07 Å². The number of nitrogens with zero attached hydrogens (tertiary/aromatic N) is 1. The van der Waals surface area contributed by atoms with Gasteiger partial charge in [0.05, 0.1) is 12.2 Å². The van der Waals surface area contributed by atoms with Gasteiger partial charge in [-0.25, -0.2) is 0 Å². The molecule has 1 amide bonds. The molecule has 0 fully saturated rings. The zero-order chi connectivity index (χ0) is 11.4. The highest BCUT2D eigenvalue weighted by Gasteiger charge is 2.05. The molecule has 0 saturated carbocycles. The molecule has 82 valence electrons. The standard InChI is InChI=1S/C10H10N4O2/c15-9-5-7(13-14-9)6-12-10(16)8-3-1-2-4-11-8/h1-5H,6H2,(H,12,16)(H2,13,14,15). The van der Waals surface area contributed by atoms with E-state index in [0.717, 1.165) is 0 Å². The molecule has 0 bridgehead atoms. The third-order valence-electron chi connectivity index (χ3n) is 1.99. The van der Waals surface area contributed by atoms with Crippen molar-refractivity contribution < 1.29 is 4.79 Å². The zero-order valence-corrected chi connectivity index (χ0v) is 8.36. The summed E-state index contributed by atoms with van der Waals surface area (Å²) in [5, 5.41) is 7.66. The minimum Gasteiger partial charge on any atom is -0.345 e. The van der Waals surface area contributed by atoms with Crippen LogP contribution in [0.2, 0.25) is 0 Å². The maximum absolute atomic E-state index is 11.5. The fourth-order valence-electron chi connectivity index (χ4n) is 1.23. The molecule has 2 rings (SSSR count). The number of rotatable bonds is 3. The van der Waals surface area contributed by atoms with E-state index in [-0.39, 0.29) is 18.0 Å². The van der Waals surface area contributed by atoms with Crippen molar-refractivity contribution in [2.75, 3.05) is 0 Å². The van der Waals surface area contributed by atoms with Gasteiger partial charge in [0.15, 0.2) is 0 Å². The van der Waals surface area contributed by atoms with Crippen LogP contribution in [-0.2, 0) is 6.54 Å². The lowest BCUT2D eigenvalue weighted by Crippen LogP contribution is -2.23. The van der Waals surface area contributed by atoms with Gasteiger partial charge in [-0.2, -0.15) is 0 Å². The third kappa shape index (κ3) is 2.35. The van der Waals surface area contributed by atoms with Gasteiger partial charge in [-0.3, -0.25) is 19.7 Å². The molecule has 0 saturated heterocycles. The lowest BCUT2D eigenvalue weighted by molar-refractivity contribution is 0.0945. The molecule has 0 atom stereocenters. The van der Waals surface area contributed by atoms with E-state index in [9.17, 15) is 9.59 Å². The van der Waals surface area contributed by atoms with E-state index in [1.807, 2.05) is 0 Å². The van der Waals surface area contributed by atoms with Gasteiger partial charge in [0.1, 0.15) is 5.69 Å². The SMILES string of the molecule is O=C(NCc1cc(=O)[nH][nH]1)c1ccccn1. The molecule has 2 aromatic heterocycles. The first-order valence-corrected chi connectivity index (χ1v) is 4.71. The molecule has 6 nitrogen and oxygen atoms in total. The van der Waals surface area contributed by atoms with Crippen LogP contribution >= 0.6 is 0 Å². The van der Waals surface area contributed by atoms with Crippen LogP contribution in [-0.4, -0.2) is 21.1 Å². The molecule has 0 radical (unpaired) electrons. The average Bonchev–Trinajstić information content (AvgIpc) is 2.73. The first kappa shape index (κ1) is 10.2. The Morgan fingerprint density at radius 3 is 2.88 bits per heavy atom. The summed E-state index contributed by atoms with van der Waals surface area (Å²) in [6.45, 7) is 0.258. The highest BCUT2D eigenvalue weighted by Crippen LogP contribution is 1.94. The summed E-state index contributed by atoms with van der Waals surface area (Å²) in [5.74, 6) is -0.275. The summed E-state index contributed by atoms with van der Waals surface area (Å²) in [5.41, 5.74) is 0.747. The van der Waals surface area contributed by atoms with Gasteiger partial charge in [0.25, 0.3) is 11.5 Å². The van der Waals surface area contributed by atoms with Crippen molar-refractivity contribution in [3.8, 4) is 0 Å². The summed E-state index contributed by atoms with van der Waals surface area (Å²) < 4.78 is 0. The third-order valence-corrected chi connectivity index (χ3v) is 1.99. The molecular weight excluding hydrogens is 208 g/mol. The van der Waals surface area contributed by atoms with Crippen molar-refractivity contribution in [1.29, 1.82) is 0 Å². The molecule has 0 aliphatic heterocycles. The van der Waals surface area contributed by atoms with Crippen molar-refractivity contribution in [1.82, 2.24) is 20.5 Å². The summed E-state index contributed by atoms with van der Waals surface area (Å²) in [7, 11) is 0. The predicted molar refractivity (Wildman–Crippen MR) is 56.8 cm³/mol. The Hall–Kier alpha value is -2.37. The number of hydrogen-bond donors (Lipinski definition) is 3. The number of carbonyl (C=O) groups excluding carboxylic acids is 1. The number of carbonyl (C=O) groups is 1. The lowest BCUT2D eigenvalue weighted by Gasteiger charge is -2.01. The maximum Gasteiger partial charge on any atom is 0.270 e. The average molecular weight is 218 g/mol. The molecule has 0 spiro atoms. The van der Waals surface area contributed by atoms with Gasteiger partial charge in [0.2, 0.25) is 0 Å². The second-order valence-corrected chi connectivity index (χ2v) is 3.18. The molecule has 0 aliphatic carbocycles. The van der Waals surface area contributed by atoms with Gasteiger partial charge >= 0.3 is 0 Å². The van der Waals surface area contributed by atoms with Crippen LogP contribution in [0.1, 0.15) is 16.2 Å². The van der Waals surface area contributed by atoms with E-state index in [1.54, 1.807) is 24.4 Å². The van der Waals surface area contributed by atoms with Gasteiger partial charge in [0, 0.05) is 12.3 Å². The summed E-state index contributed by atoms with van der Waals surface area (Å²) in [6, 6.07) is 6.48. The van der Waals surface area contributed by atoms with Gasteiger partial charge in [-0.1, -0.05) is 6.07 Å². The molecule has 6 heteroatoms. The Balaban J connectivity index is 1.96.